The molecule has 0 saturated carbocycles. The zero-order valence-electron chi connectivity index (χ0n) is 13.7. The van der Waals surface area contributed by atoms with E-state index in [-0.39, 0.29) is 17.9 Å². The van der Waals surface area contributed by atoms with Gasteiger partial charge in [-0.15, -0.1) is 0 Å². The standard InChI is InChI=1S/C20H25NO/c1-16(14-17(2)22)21(15-19-10-6-4-7-11-19)18(3)20-12-8-5-9-13-20/h4-13,16,18H,14-15H2,1-3H3/t16-,18-/m0/s1. The van der Waals surface area contributed by atoms with E-state index in [9.17, 15) is 4.79 Å². The third-order valence-corrected chi connectivity index (χ3v) is 4.14. The molecule has 0 aliphatic carbocycles. The first-order chi connectivity index (χ1) is 10.6. The lowest BCUT2D eigenvalue weighted by Crippen LogP contribution is -2.36. The van der Waals surface area contributed by atoms with Crippen LogP contribution in [0.15, 0.2) is 60.7 Å². The topological polar surface area (TPSA) is 20.3 Å². The first-order valence-corrected chi connectivity index (χ1v) is 7.92. The van der Waals surface area contributed by atoms with Crippen molar-refractivity contribution in [1.82, 2.24) is 4.90 Å². The molecule has 0 heterocycles. The summed E-state index contributed by atoms with van der Waals surface area (Å²) in [6.07, 6.45) is 0.587. The number of rotatable bonds is 7. The van der Waals surface area contributed by atoms with E-state index in [0.29, 0.717) is 6.42 Å². The summed E-state index contributed by atoms with van der Waals surface area (Å²) in [5.41, 5.74) is 2.56. The minimum atomic E-state index is 0.216. The fraction of sp³-hybridized carbons (Fsp3) is 0.350. The summed E-state index contributed by atoms with van der Waals surface area (Å²) in [4.78, 5) is 14.0. The van der Waals surface area contributed by atoms with E-state index in [4.69, 9.17) is 0 Å². The van der Waals surface area contributed by atoms with Crippen molar-refractivity contribution < 1.29 is 4.79 Å². The van der Waals surface area contributed by atoms with Gasteiger partial charge in [-0.2, -0.15) is 0 Å². The third kappa shape index (κ3) is 4.54. The second-order valence-corrected chi connectivity index (χ2v) is 6.00. The van der Waals surface area contributed by atoms with Crippen LogP contribution < -0.4 is 0 Å². The first kappa shape index (κ1) is 16.4. The molecule has 0 fully saturated rings. The first-order valence-electron chi connectivity index (χ1n) is 7.92. The molecule has 0 amide bonds. The molecule has 0 aliphatic heterocycles. The number of Topliss-reactive ketones (excluding diaryl/α,β-unsaturated/α-hetero) is 1. The maximum Gasteiger partial charge on any atom is 0.131 e. The van der Waals surface area contributed by atoms with Crippen molar-refractivity contribution >= 4 is 5.78 Å². The maximum absolute atomic E-state index is 11.5. The molecule has 0 aromatic heterocycles. The fourth-order valence-electron chi connectivity index (χ4n) is 2.93. The Balaban J connectivity index is 2.22. The number of benzene rings is 2. The fourth-order valence-corrected chi connectivity index (χ4v) is 2.93. The van der Waals surface area contributed by atoms with Gasteiger partial charge in [-0.1, -0.05) is 60.7 Å². The van der Waals surface area contributed by atoms with Crippen molar-refractivity contribution in [1.29, 1.82) is 0 Å². The maximum atomic E-state index is 11.5. The average Bonchev–Trinajstić information content (AvgIpc) is 2.53. The second kappa shape index (κ2) is 7.90. The molecule has 2 aromatic carbocycles. The van der Waals surface area contributed by atoms with Gasteiger partial charge in [0.15, 0.2) is 0 Å². The molecule has 2 rings (SSSR count). The molecule has 0 saturated heterocycles. The van der Waals surface area contributed by atoms with E-state index >= 15 is 0 Å². The van der Waals surface area contributed by atoms with Gasteiger partial charge in [0.05, 0.1) is 0 Å². The Morgan fingerprint density at radius 2 is 1.50 bits per heavy atom. The van der Waals surface area contributed by atoms with Crippen molar-refractivity contribution in [3.05, 3.63) is 71.8 Å². The molecule has 22 heavy (non-hydrogen) atoms. The van der Waals surface area contributed by atoms with Crippen LogP contribution >= 0.6 is 0 Å². The summed E-state index contributed by atoms with van der Waals surface area (Å²) in [7, 11) is 0. The number of carbonyl (C=O) groups is 1. The molecule has 2 aromatic rings. The third-order valence-electron chi connectivity index (χ3n) is 4.14. The van der Waals surface area contributed by atoms with Gasteiger partial charge in [0.25, 0.3) is 0 Å². The minimum absolute atomic E-state index is 0.216. The Labute approximate surface area is 133 Å². The van der Waals surface area contributed by atoms with Crippen molar-refractivity contribution in [3.8, 4) is 0 Å². The molecule has 0 aliphatic rings. The molecule has 2 heteroatoms. The van der Waals surface area contributed by atoms with E-state index in [1.165, 1.54) is 11.1 Å². The summed E-state index contributed by atoms with van der Waals surface area (Å²) in [5, 5.41) is 0. The molecule has 0 N–H and O–H groups in total. The number of nitrogens with zero attached hydrogens (tertiary/aromatic N) is 1. The van der Waals surface area contributed by atoms with Gasteiger partial charge in [-0.25, -0.2) is 0 Å². The van der Waals surface area contributed by atoms with E-state index in [1.807, 2.05) is 12.1 Å². The Hall–Kier alpha value is -1.93. The van der Waals surface area contributed by atoms with Gasteiger partial charge in [-0.3, -0.25) is 9.69 Å². The van der Waals surface area contributed by atoms with Crippen LogP contribution in [-0.4, -0.2) is 16.7 Å². The van der Waals surface area contributed by atoms with Crippen molar-refractivity contribution in [2.75, 3.05) is 0 Å². The lowest BCUT2D eigenvalue weighted by molar-refractivity contribution is -0.118. The van der Waals surface area contributed by atoms with Crippen LogP contribution in [-0.2, 0) is 11.3 Å². The predicted octanol–water partition coefficient (Wildman–Crippen LogP) is 4.62. The van der Waals surface area contributed by atoms with Gasteiger partial charge < -0.3 is 0 Å². The van der Waals surface area contributed by atoms with E-state index in [1.54, 1.807) is 6.92 Å². The van der Waals surface area contributed by atoms with Crippen molar-refractivity contribution in [2.45, 2.75) is 45.8 Å². The second-order valence-electron chi connectivity index (χ2n) is 6.00. The quantitative estimate of drug-likeness (QED) is 0.743. The smallest absolute Gasteiger partial charge is 0.131 e. The molecule has 2 nitrogen and oxygen atoms in total. The summed E-state index contributed by atoms with van der Waals surface area (Å²) < 4.78 is 0. The molecule has 0 bridgehead atoms. The van der Waals surface area contributed by atoms with Gasteiger partial charge in [0.2, 0.25) is 0 Å². The summed E-state index contributed by atoms with van der Waals surface area (Å²) in [6, 6.07) is 21.4. The monoisotopic (exact) mass is 295 g/mol. The highest BCUT2D eigenvalue weighted by molar-refractivity contribution is 5.76. The number of carbonyl (C=O) groups excluding carboxylic acids is 1. The van der Waals surface area contributed by atoms with E-state index in [0.717, 1.165) is 6.54 Å². The van der Waals surface area contributed by atoms with E-state index < -0.39 is 0 Å². The number of hydrogen-bond donors (Lipinski definition) is 0. The highest BCUT2D eigenvalue weighted by Crippen LogP contribution is 2.25. The summed E-state index contributed by atoms with van der Waals surface area (Å²) >= 11 is 0. The summed E-state index contributed by atoms with van der Waals surface area (Å²) in [5.74, 6) is 0.242. The van der Waals surface area contributed by atoms with Gasteiger partial charge in [0, 0.05) is 25.0 Å². The highest BCUT2D eigenvalue weighted by Gasteiger charge is 2.22. The van der Waals surface area contributed by atoms with Gasteiger partial charge >= 0.3 is 0 Å². The molecule has 0 radical (unpaired) electrons. The van der Waals surface area contributed by atoms with Crippen LogP contribution in [0.1, 0.15) is 44.4 Å². The highest BCUT2D eigenvalue weighted by atomic mass is 16.1. The Morgan fingerprint density at radius 3 is 2.05 bits per heavy atom. The van der Waals surface area contributed by atoms with Crippen LogP contribution in [0.25, 0.3) is 0 Å². The Morgan fingerprint density at radius 1 is 0.955 bits per heavy atom. The van der Waals surface area contributed by atoms with Gasteiger partial charge in [0.1, 0.15) is 5.78 Å². The van der Waals surface area contributed by atoms with Gasteiger partial charge in [-0.05, 0) is 31.9 Å². The van der Waals surface area contributed by atoms with Crippen LogP contribution in [0, 0.1) is 0 Å². The van der Waals surface area contributed by atoms with Crippen LogP contribution in [0.4, 0.5) is 0 Å². The zero-order valence-corrected chi connectivity index (χ0v) is 13.7. The molecule has 2 atom stereocenters. The zero-order chi connectivity index (χ0) is 15.9. The molecule has 0 unspecified atom stereocenters. The predicted molar refractivity (Wildman–Crippen MR) is 91.6 cm³/mol. The minimum Gasteiger partial charge on any atom is -0.300 e. The van der Waals surface area contributed by atoms with E-state index in [2.05, 4.69) is 67.3 Å². The van der Waals surface area contributed by atoms with Crippen LogP contribution in [0.2, 0.25) is 0 Å². The lowest BCUT2D eigenvalue weighted by atomic mass is 10.0. The van der Waals surface area contributed by atoms with Crippen molar-refractivity contribution in [3.63, 3.8) is 0 Å². The largest absolute Gasteiger partial charge is 0.300 e. The number of hydrogen-bond acceptors (Lipinski definition) is 2. The lowest BCUT2D eigenvalue weighted by Gasteiger charge is -2.34. The van der Waals surface area contributed by atoms with Crippen LogP contribution in [0.5, 0.6) is 0 Å². The summed E-state index contributed by atoms with van der Waals surface area (Å²) in [6.45, 7) is 6.88. The average molecular weight is 295 g/mol. The SMILES string of the molecule is CC(=O)C[C@H](C)N(Cc1ccccc1)[C@@H](C)c1ccccc1. The molecular weight excluding hydrogens is 270 g/mol. The Bertz CT molecular complexity index is 579. The number of ketones is 1. The van der Waals surface area contributed by atoms with Crippen LogP contribution in [0.3, 0.4) is 0 Å². The normalized spacial score (nSPS) is 13.8. The molecular formula is C20H25NO. The Kier molecular flexibility index (Phi) is 5.91. The molecule has 116 valence electrons. The molecule has 0 spiro atoms. The van der Waals surface area contributed by atoms with Crippen molar-refractivity contribution in [2.24, 2.45) is 0 Å².